The molecule has 1 heterocycles. The molecule has 2 rings (SSSR count). The van der Waals surface area contributed by atoms with E-state index < -0.39 is 5.97 Å². The van der Waals surface area contributed by atoms with Crippen LogP contribution in [0.4, 0.5) is 0 Å². The van der Waals surface area contributed by atoms with Crippen molar-refractivity contribution in [3.05, 3.63) is 58.3 Å². The first-order chi connectivity index (χ1) is 8.66. The molecule has 1 aromatic carbocycles. The van der Waals surface area contributed by atoms with Crippen LogP contribution in [0.1, 0.15) is 16.1 Å². The third-order valence-corrected chi connectivity index (χ3v) is 2.90. The van der Waals surface area contributed by atoms with Gasteiger partial charge in [-0.05, 0) is 27.6 Å². The van der Waals surface area contributed by atoms with Crippen molar-refractivity contribution < 1.29 is 14.6 Å². The summed E-state index contributed by atoms with van der Waals surface area (Å²) in [6.07, 6.45) is 1.40. The summed E-state index contributed by atoms with van der Waals surface area (Å²) in [5, 5.41) is 8.78. The highest BCUT2D eigenvalue weighted by molar-refractivity contribution is 9.10. The maximum atomic E-state index is 10.7. The zero-order valence-electron chi connectivity index (χ0n) is 9.34. The SMILES string of the molecule is O=C(O)c1cc(Br)c(OCc2ccccc2)cn1. The van der Waals surface area contributed by atoms with Gasteiger partial charge in [0, 0.05) is 0 Å². The largest absolute Gasteiger partial charge is 0.486 e. The normalized spacial score (nSPS) is 10.1. The number of rotatable bonds is 4. The maximum Gasteiger partial charge on any atom is 0.354 e. The fourth-order valence-electron chi connectivity index (χ4n) is 1.38. The van der Waals surface area contributed by atoms with Crippen molar-refractivity contribution in [2.45, 2.75) is 6.61 Å². The number of hydrogen-bond donors (Lipinski definition) is 1. The summed E-state index contributed by atoms with van der Waals surface area (Å²) in [4.78, 5) is 14.5. The minimum absolute atomic E-state index is 0.0195. The molecule has 4 nitrogen and oxygen atoms in total. The van der Waals surface area contributed by atoms with Gasteiger partial charge in [-0.25, -0.2) is 9.78 Å². The van der Waals surface area contributed by atoms with Crippen LogP contribution in [-0.4, -0.2) is 16.1 Å². The van der Waals surface area contributed by atoms with E-state index in [1.165, 1.54) is 12.3 Å². The predicted molar refractivity (Wildman–Crippen MR) is 69.7 cm³/mol. The second-order valence-electron chi connectivity index (χ2n) is 3.58. The molecule has 18 heavy (non-hydrogen) atoms. The maximum absolute atomic E-state index is 10.7. The number of hydrogen-bond acceptors (Lipinski definition) is 3. The molecule has 0 saturated heterocycles. The van der Waals surface area contributed by atoms with E-state index in [-0.39, 0.29) is 5.69 Å². The Morgan fingerprint density at radius 3 is 2.67 bits per heavy atom. The lowest BCUT2D eigenvalue weighted by Gasteiger charge is -2.08. The number of carbonyl (C=O) groups is 1. The third kappa shape index (κ3) is 3.07. The van der Waals surface area contributed by atoms with Crippen molar-refractivity contribution in [2.24, 2.45) is 0 Å². The summed E-state index contributed by atoms with van der Waals surface area (Å²) >= 11 is 3.26. The lowest BCUT2D eigenvalue weighted by molar-refractivity contribution is 0.0690. The number of nitrogens with zero attached hydrogens (tertiary/aromatic N) is 1. The summed E-state index contributed by atoms with van der Waals surface area (Å²) in [5.74, 6) is -0.547. The molecule has 0 bridgehead atoms. The summed E-state index contributed by atoms with van der Waals surface area (Å²) < 4.78 is 6.13. The molecule has 92 valence electrons. The molecule has 0 atom stereocenters. The number of carboxylic acid groups (broad SMARTS) is 1. The average molecular weight is 308 g/mol. The zero-order chi connectivity index (χ0) is 13.0. The first kappa shape index (κ1) is 12.6. The molecule has 0 aliphatic rings. The van der Waals surface area contributed by atoms with E-state index >= 15 is 0 Å². The number of benzene rings is 1. The Labute approximate surface area is 112 Å². The highest BCUT2D eigenvalue weighted by atomic mass is 79.9. The van der Waals surface area contributed by atoms with Crippen LogP contribution >= 0.6 is 15.9 Å². The first-order valence-corrected chi connectivity index (χ1v) is 6.01. The molecule has 0 aliphatic heterocycles. The molecule has 0 amide bonds. The summed E-state index contributed by atoms with van der Waals surface area (Å²) in [6, 6.07) is 11.1. The second-order valence-corrected chi connectivity index (χ2v) is 4.43. The number of aromatic nitrogens is 1. The minimum atomic E-state index is -1.06. The summed E-state index contributed by atoms with van der Waals surface area (Å²) in [7, 11) is 0. The van der Waals surface area contributed by atoms with Crippen LogP contribution < -0.4 is 4.74 Å². The molecular formula is C13H10BrNO3. The van der Waals surface area contributed by atoms with Crippen molar-refractivity contribution in [1.29, 1.82) is 0 Å². The molecule has 0 saturated carbocycles. The molecule has 0 aliphatic carbocycles. The van der Waals surface area contributed by atoms with Gasteiger partial charge in [0.1, 0.15) is 12.3 Å². The Hall–Kier alpha value is -1.88. The van der Waals surface area contributed by atoms with Crippen LogP contribution in [0.3, 0.4) is 0 Å². The van der Waals surface area contributed by atoms with E-state index in [0.29, 0.717) is 16.8 Å². The van der Waals surface area contributed by atoms with E-state index in [4.69, 9.17) is 9.84 Å². The summed E-state index contributed by atoms with van der Waals surface area (Å²) in [6.45, 7) is 0.410. The van der Waals surface area contributed by atoms with Gasteiger partial charge in [-0.3, -0.25) is 0 Å². The molecule has 1 N–H and O–H groups in total. The van der Waals surface area contributed by atoms with Crippen molar-refractivity contribution in [3.8, 4) is 5.75 Å². The number of ether oxygens (including phenoxy) is 1. The zero-order valence-corrected chi connectivity index (χ0v) is 10.9. The minimum Gasteiger partial charge on any atom is -0.486 e. The number of halogens is 1. The van der Waals surface area contributed by atoms with E-state index in [1.807, 2.05) is 30.3 Å². The highest BCUT2D eigenvalue weighted by Gasteiger charge is 2.09. The Kier molecular flexibility index (Phi) is 3.94. The highest BCUT2D eigenvalue weighted by Crippen LogP contribution is 2.25. The predicted octanol–water partition coefficient (Wildman–Crippen LogP) is 3.12. The Morgan fingerprint density at radius 2 is 2.06 bits per heavy atom. The van der Waals surface area contributed by atoms with E-state index in [9.17, 15) is 4.79 Å². The van der Waals surface area contributed by atoms with Gasteiger partial charge in [0.05, 0.1) is 10.7 Å². The second kappa shape index (κ2) is 5.64. The Bertz CT molecular complexity index is 557. The molecule has 5 heteroatoms. The van der Waals surface area contributed by atoms with Crippen LogP contribution in [-0.2, 0) is 6.61 Å². The fraction of sp³-hybridized carbons (Fsp3) is 0.0769. The quantitative estimate of drug-likeness (QED) is 0.943. The topological polar surface area (TPSA) is 59.4 Å². The smallest absolute Gasteiger partial charge is 0.354 e. The van der Waals surface area contributed by atoms with Gasteiger partial charge in [-0.1, -0.05) is 30.3 Å². The number of carboxylic acids is 1. The lowest BCUT2D eigenvalue weighted by atomic mass is 10.2. The Morgan fingerprint density at radius 1 is 1.33 bits per heavy atom. The van der Waals surface area contributed by atoms with Gasteiger partial charge in [0.2, 0.25) is 0 Å². The van der Waals surface area contributed by atoms with Crippen molar-refractivity contribution in [1.82, 2.24) is 4.98 Å². The molecular weight excluding hydrogens is 298 g/mol. The van der Waals surface area contributed by atoms with Gasteiger partial charge in [0.15, 0.2) is 5.75 Å². The van der Waals surface area contributed by atoms with Crippen LogP contribution in [0.5, 0.6) is 5.75 Å². The average Bonchev–Trinajstić information content (AvgIpc) is 2.38. The fourth-order valence-corrected chi connectivity index (χ4v) is 1.81. The van der Waals surface area contributed by atoms with Crippen molar-refractivity contribution >= 4 is 21.9 Å². The van der Waals surface area contributed by atoms with Gasteiger partial charge in [0.25, 0.3) is 0 Å². The van der Waals surface area contributed by atoms with Gasteiger partial charge in [-0.15, -0.1) is 0 Å². The number of pyridine rings is 1. The Balaban J connectivity index is 2.08. The van der Waals surface area contributed by atoms with Crippen LogP contribution in [0, 0.1) is 0 Å². The van der Waals surface area contributed by atoms with Gasteiger partial charge in [-0.2, -0.15) is 0 Å². The summed E-state index contributed by atoms with van der Waals surface area (Å²) in [5.41, 5.74) is 1.01. The molecule has 2 aromatic rings. The lowest BCUT2D eigenvalue weighted by Crippen LogP contribution is -2.02. The van der Waals surface area contributed by atoms with Crippen LogP contribution in [0.2, 0.25) is 0 Å². The molecule has 0 spiro atoms. The first-order valence-electron chi connectivity index (χ1n) is 5.22. The number of aromatic carboxylic acids is 1. The molecule has 0 radical (unpaired) electrons. The third-order valence-electron chi connectivity index (χ3n) is 2.28. The van der Waals surface area contributed by atoms with Crippen LogP contribution in [0.15, 0.2) is 47.1 Å². The van der Waals surface area contributed by atoms with Crippen LogP contribution in [0.25, 0.3) is 0 Å². The van der Waals surface area contributed by atoms with Crippen molar-refractivity contribution in [3.63, 3.8) is 0 Å². The van der Waals surface area contributed by atoms with Gasteiger partial charge < -0.3 is 9.84 Å². The molecule has 0 fully saturated rings. The van der Waals surface area contributed by atoms with E-state index in [0.717, 1.165) is 5.56 Å². The monoisotopic (exact) mass is 307 g/mol. The van der Waals surface area contributed by atoms with E-state index in [2.05, 4.69) is 20.9 Å². The molecule has 1 aromatic heterocycles. The van der Waals surface area contributed by atoms with Crippen molar-refractivity contribution in [2.75, 3.05) is 0 Å². The molecule has 0 unspecified atom stereocenters. The van der Waals surface area contributed by atoms with E-state index in [1.54, 1.807) is 0 Å². The standard InChI is InChI=1S/C13H10BrNO3/c14-10-6-11(13(16)17)15-7-12(10)18-8-9-4-2-1-3-5-9/h1-7H,8H2,(H,16,17). The van der Waals surface area contributed by atoms with Gasteiger partial charge >= 0.3 is 5.97 Å².